The van der Waals surface area contributed by atoms with Crippen molar-refractivity contribution in [3.63, 3.8) is 0 Å². The minimum absolute atomic E-state index is 0.129. The highest BCUT2D eigenvalue weighted by molar-refractivity contribution is 5.70. The number of allylic oxidation sites excluding steroid dienone is 32. The van der Waals surface area contributed by atoms with E-state index in [0.29, 0.717) is 23.9 Å². The summed E-state index contributed by atoms with van der Waals surface area (Å²) in [5.41, 5.74) is 0. The normalized spacial score (nSPS) is 14.0. The van der Waals surface area contributed by atoms with Crippen molar-refractivity contribution in [1.29, 1.82) is 0 Å². The summed E-state index contributed by atoms with van der Waals surface area (Å²) in [6.45, 7) is 4.43. The molecule has 87 heavy (non-hydrogen) atoms. The Kier molecular flexibility index (Phi) is 61.6. The largest absolute Gasteiger partial charge is 0.545 e. The Morgan fingerprint density at radius 2 is 0.621 bits per heavy atom. The molecule has 486 valence electrons. The van der Waals surface area contributed by atoms with Gasteiger partial charge < -0.3 is 33.3 Å². The van der Waals surface area contributed by atoms with Crippen molar-refractivity contribution in [1.82, 2.24) is 0 Å². The van der Waals surface area contributed by atoms with E-state index in [-0.39, 0.29) is 32.7 Å². The van der Waals surface area contributed by atoms with Crippen molar-refractivity contribution in [2.75, 3.05) is 47.5 Å². The molecule has 0 aliphatic heterocycles. The van der Waals surface area contributed by atoms with E-state index in [1.807, 2.05) is 21.1 Å². The molecule has 0 aromatic heterocycles. The zero-order valence-corrected chi connectivity index (χ0v) is 55.3. The molecule has 0 spiro atoms. The number of quaternary nitrogens is 1. The molecule has 2 unspecified atom stereocenters. The minimum Gasteiger partial charge on any atom is -0.545 e. The van der Waals surface area contributed by atoms with Gasteiger partial charge in [0.2, 0.25) is 0 Å². The first kappa shape index (κ1) is 81.1. The Morgan fingerprint density at radius 1 is 0.345 bits per heavy atom. The van der Waals surface area contributed by atoms with Crippen molar-refractivity contribution in [3.8, 4) is 0 Å². The predicted molar refractivity (Wildman–Crippen MR) is 370 cm³/mol. The van der Waals surface area contributed by atoms with Crippen LogP contribution in [0.3, 0.4) is 0 Å². The second-order valence-corrected chi connectivity index (χ2v) is 22.6. The van der Waals surface area contributed by atoms with E-state index >= 15 is 0 Å². The summed E-state index contributed by atoms with van der Waals surface area (Å²) in [4.78, 5) is 37.4. The number of hydrogen-bond acceptors (Lipinski definition) is 8. The topological polar surface area (TPSA) is 111 Å². The van der Waals surface area contributed by atoms with Crippen LogP contribution in [-0.4, -0.2) is 82.3 Å². The standard InChI is InChI=1S/C78H121NO8/c1-6-8-10-12-14-16-18-20-22-24-26-28-29-30-31-32-33-34-35-36-37-38-39-40-41-42-43-44-45-46-47-49-51-53-55-57-59-61-63-65-67-69-76(81)87-74(73-86-78(77(82)83)84-71-70-79(3,4)5)72-85-75(80)68-66-64-62-60-58-56-54-52-50-48-27-25-23-21-19-17-15-13-11-9-7-2/h8-11,14-17,20-23,26-28,30-31,33-34,36-37,39-40,42-43,45-46,48,52,54,58,60,74,78H,6-7,12-13,18-19,24-25,29,32,35,38,41,44,47,49-51,53,55-57,59,61-73H2,1-5H3/b10-8-,11-9-,16-14-,17-15-,22-20-,23-21-,28-26-,31-30-,34-33-,37-36-,40-39-,43-42-,46-45-,48-27-,54-52-,60-58-. The highest BCUT2D eigenvalue weighted by atomic mass is 16.7. The van der Waals surface area contributed by atoms with Crippen LogP contribution in [0.4, 0.5) is 0 Å². The van der Waals surface area contributed by atoms with Gasteiger partial charge in [0, 0.05) is 12.8 Å². The highest BCUT2D eigenvalue weighted by Gasteiger charge is 2.22. The summed E-state index contributed by atoms with van der Waals surface area (Å²) in [6, 6.07) is 0. The molecule has 0 saturated heterocycles. The molecule has 9 nitrogen and oxygen atoms in total. The number of carbonyl (C=O) groups is 3. The van der Waals surface area contributed by atoms with E-state index < -0.39 is 30.3 Å². The molecular formula is C78H121NO8. The molecule has 0 saturated carbocycles. The zero-order valence-electron chi connectivity index (χ0n) is 55.3. The van der Waals surface area contributed by atoms with Gasteiger partial charge in [-0.2, -0.15) is 0 Å². The van der Waals surface area contributed by atoms with Gasteiger partial charge in [0.25, 0.3) is 0 Å². The average molecular weight is 1200 g/mol. The second-order valence-electron chi connectivity index (χ2n) is 22.6. The number of unbranched alkanes of at least 4 members (excludes halogenated alkanes) is 12. The Morgan fingerprint density at radius 3 is 0.943 bits per heavy atom. The number of carboxylic acid groups (broad SMARTS) is 1. The van der Waals surface area contributed by atoms with Crippen molar-refractivity contribution in [2.45, 2.75) is 232 Å². The third-order valence-electron chi connectivity index (χ3n) is 13.3. The fourth-order valence-electron chi connectivity index (χ4n) is 8.27. The lowest BCUT2D eigenvalue weighted by atomic mass is 10.0. The molecule has 0 heterocycles. The van der Waals surface area contributed by atoms with Gasteiger partial charge in [-0.15, -0.1) is 0 Å². The third-order valence-corrected chi connectivity index (χ3v) is 13.3. The van der Waals surface area contributed by atoms with Gasteiger partial charge in [-0.25, -0.2) is 0 Å². The van der Waals surface area contributed by atoms with Crippen LogP contribution in [0.5, 0.6) is 0 Å². The van der Waals surface area contributed by atoms with Crippen molar-refractivity contribution >= 4 is 17.9 Å². The number of ether oxygens (including phenoxy) is 4. The molecule has 0 rings (SSSR count). The number of carbonyl (C=O) groups excluding carboxylic acids is 3. The first-order valence-electron chi connectivity index (χ1n) is 33.6. The number of carboxylic acids is 1. The molecule has 2 atom stereocenters. The molecule has 0 aromatic carbocycles. The first-order valence-corrected chi connectivity index (χ1v) is 33.6. The maximum absolute atomic E-state index is 12.9. The molecule has 0 aliphatic rings. The van der Waals surface area contributed by atoms with E-state index in [1.54, 1.807) is 0 Å². The molecule has 0 aliphatic carbocycles. The van der Waals surface area contributed by atoms with Crippen LogP contribution < -0.4 is 5.11 Å². The fourth-order valence-corrected chi connectivity index (χ4v) is 8.27. The smallest absolute Gasteiger partial charge is 0.306 e. The summed E-state index contributed by atoms with van der Waals surface area (Å²) >= 11 is 0. The van der Waals surface area contributed by atoms with Gasteiger partial charge in [0.15, 0.2) is 12.4 Å². The van der Waals surface area contributed by atoms with E-state index in [0.717, 1.165) is 141 Å². The lowest BCUT2D eigenvalue weighted by molar-refractivity contribution is -0.870. The minimum atomic E-state index is -1.65. The molecular weight excluding hydrogens is 1080 g/mol. The van der Waals surface area contributed by atoms with Crippen LogP contribution in [0.15, 0.2) is 194 Å². The van der Waals surface area contributed by atoms with Gasteiger partial charge in [-0.3, -0.25) is 9.59 Å². The van der Waals surface area contributed by atoms with Gasteiger partial charge in [0.1, 0.15) is 13.2 Å². The van der Waals surface area contributed by atoms with E-state index in [9.17, 15) is 19.5 Å². The quantitative estimate of drug-likeness (QED) is 0.0195. The number of hydrogen-bond donors (Lipinski definition) is 0. The molecule has 0 N–H and O–H groups in total. The summed E-state index contributed by atoms with van der Waals surface area (Å²) in [6.07, 6.45) is 99.3. The monoisotopic (exact) mass is 1200 g/mol. The number of esters is 2. The van der Waals surface area contributed by atoms with Crippen LogP contribution in [0.25, 0.3) is 0 Å². The lowest BCUT2D eigenvalue weighted by Gasteiger charge is -2.26. The molecule has 0 aromatic rings. The summed E-state index contributed by atoms with van der Waals surface area (Å²) < 4.78 is 22.7. The van der Waals surface area contributed by atoms with Crippen LogP contribution in [0.1, 0.15) is 219 Å². The highest BCUT2D eigenvalue weighted by Crippen LogP contribution is 2.14. The van der Waals surface area contributed by atoms with Crippen molar-refractivity contribution in [3.05, 3.63) is 194 Å². The van der Waals surface area contributed by atoms with E-state index in [2.05, 4.69) is 208 Å². The van der Waals surface area contributed by atoms with Crippen molar-refractivity contribution in [2.24, 2.45) is 0 Å². The van der Waals surface area contributed by atoms with Crippen LogP contribution >= 0.6 is 0 Å². The maximum atomic E-state index is 12.9. The van der Waals surface area contributed by atoms with Gasteiger partial charge in [-0.05, 0) is 141 Å². The molecule has 0 amide bonds. The Labute approximate surface area is 532 Å². The van der Waals surface area contributed by atoms with Gasteiger partial charge in [0.05, 0.1) is 40.3 Å². The number of nitrogens with zero attached hydrogens (tertiary/aromatic N) is 1. The van der Waals surface area contributed by atoms with Gasteiger partial charge >= 0.3 is 11.9 Å². The van der Waals surface area contributed by atoms with E-state index in [1.165, 1.54) is 38.5 Å². The lowest BCUT2D eigenvalue weighted by Crippen LogP contribution is -2.44. The number of rotatable bonds is 59. The number of aliphatic carboxylic acids is 1. The average Bonchev–Trinajstić information content (AvgIpc) is 3.59. The summed E-state index contributed by atoms with van der Waals surface area (Å²) in [5.74, 6) is -2.37. The Hall–Kier alpha value is -5.87. The fraction of sp³-hybridized carbons (Fsp3) is 0.551. The maximum Gasteiger partial charge on any atom is 0.306 e. The molecule has 0 radical (unpaired) electrons. The molecule has 9 heteroatoms. The Bertz CT molecular complexity index is 2130. The van der Waals surface area contributed by atoms with Crippen LogP contribution in [-0.2, 0) is 33.3 Å². The summed E-state index contributed by atoms with van der Waals surface area (Å²) in [7, 11) is 5.90. The SMILES string of the molecule is CC/C=C\C/C=C\C/C=C\C/C=C\C/C=C\C/C=C\C/C=C\C/C=C\C/C=C\C/C=C\CCCCCCCCCCCCC(=O)OC(COC(=O)CCCC/C=C\C/C=C\C/C=C\C/C=C\C/C=C\C/C=C\CC)COC(OCC[N+](C)(C)C)C(=O)[O-]. The Balaban J connectivity index is 4.23. The predicted octanol–water partition coefficient (Wildman–Crippen LogP) is 19.7. The number of likely N-dealkylation sites (N-methyl/N-ethyl adjacent to an activating group) is 1. The zero-order chi connectivity index (χ0) is 63.3. The first-order chi connectivity index (χ1) is 42.6. The van der Waals surface area contributed by atoms with Crippen LogP contribution in [0.2, 0.25) is 0 Å². The summed E-state index contributed by atoms with van der Waals surface area (Å²) in [5, 5.41) is 11.8. The molecule has 0 bridgehead atoms. The van der Waals surface area contributed by atoms with Gasteiger partial charge in [-0.1, -0.05) is 260 Å². The van der Waals surface area contributed by atoms with Crippen LogP contribution in [0, 0.1) is 0 Å². The molecule has 0 fully saturated rings. The second kappa shape index (κ2) is 66.1. The third kappa shape index (κ3) is 67.5. The van der Waals surface area contributed by atoms with E-state index in [4.69, 9.17) is 18.9 Å². The van der Waals surface area contributed by atoms with Crippen molar-refractivity contribution < 1.29 is 42.9 Å².